The van der Waals surface area contributed by atoms with Crippen molar-refractivity contribution >= 4 is 39.7 Å². The van der Waals surface area contributed by atoms with Gasteiger partial charge in [-0.1, -0.05) is 35.5 Å². The molecule has 2 heterocycles. The molecule has 0 radical (unpaired) electrons. The second-order valence-electron chi connectivity index (χ2n) is 7.35. The molecule has 1 saturated heterocycles. The van der Waals surface area contributed by atoms with Crippen LogP contribution in [0.1, 0.15) is 18.4 Å². The Hall–Kier alpha value is -4.07. The van der Waals surface area contributed by atoms with E-state index in [1.165, 1.54) is 12.1 Å². The van der Waals surface area contributed by atoms with Gasteiger partial charge < -0.3 is 4.84 Å². The number of oxime groups is 1. The molecule has 0 saturated carbocycles. The summed E-state index contributed by atoms with van der Waals surface area (Å²) in [6.07, 6.45) is 0.0120. The van der Waals surface area contributed by atoms with Gasteiger partial charge in [-0.05, 0) is 40.6 Å². The number of amides is 2. The lowest BCUT2D eigenvalue weighted by Gasteiger charge is -2.19. The largest absolute Gasteiger partial charge is 0.378 e. The van der Waals surface area contributed by atoms with Gasteiger partial charge in [0.15, 0.2) is 0 Å². The maximum absolute atomic E-state index is 13.2. The predicted octanol–water partition coefficient (Wildman–Crippen LogP) is 3.57. The summed E-state index contributed by atoms with van der Waals surface area (Å²) in [5, 5.41) is 16.8. The van der Waals surface area contributed by atoms with Crippen molar-refractivity contribution in [1.82, 2.24) is 0 Å². The second-order valence-corrected chi connectivity index (χ2v) is 7.35. The van der Waals surface area contributed by atoms with E-state index < -0.39 is 16.4 Å². The number of hydrogen-bond acceptors (Lipinski definition) is 6. The topological polar surface area (TPSA) is 102 Å². The number of anilines is 1. The normalized spacial score (nSPS) is 20.7. The van der Waals surface area contributed by atoms with Crippen molar-refractivity contribution in [3.8, 4) is 0 Å². The van der Waals surface area contributed by atoms with E-state index in [2.05, 4.69) is 5.16 Å². The minimum absolute atomic E-state index is 0.0393. The lowest BCUT2D eigenvalue weighted by atomic mass is 9.92. The van der Waals surface area contributed by atoms with Crippen LogP contribution in [0.25, 0.3) is 10.8 Å². The van der Waals surface area contributed by atoms with E-state index in [9.17, 15) is 19.7 Å². The number of nitro benzene ring substituents is 1. The molecule has 0 aromatic heterocycles. The van der Waals surface area contributed by atoms with E-state index in [1.54, 1.807) is 24.3 Å². The Balaban J connectivity index is 1.42. The van der Waals surface area contributed by atoms with E-state index in [0.29, 0.717) is 17.0 Å². The molecule has 2 aliphatic heterocycles. The summed E-state index contributed by atoms with van der Waals surface area (Å²) in [5.41, 5.74) is 0.170. The van der Waals surface area contributed by atoms with Gasteiger partial charge in [-0.3, -0.25) is 19.7 Å². The zero-order valence-corrected chi connectivity index (χ0v) is 15.6. The molecule has 2 aliphatic rings. The van der Waals surface area contributed by atoms with Gasteiger partial charge in [0, 0.05) is 18.6 Å². The van der Waals surface area contributed by atoms with Crippen LogP contribution in [0.2, 0.25) is 0 Å². The highest BCUT2D eigenvalue weighted by molar-refractivity contribution is 6.26. The maximum atomic E-state index is 13.2. The molecule has 0 unspecified atom stereocenters. The molecular weight excluding hydrogens is 386 g/mol. The van der Waals surface area contributed by atoms with E-state index in [-0.39, 0.29) is 24.4 Å². The zero-order valence-electron chi connectivity index (χ0n) is 15.6. The summed E-state index contributed by atoms with van der Waals surface area (Å²) in [7, 11) is 0. The first-order chi connectivity index (χ1) is 14.5. The minimum Gasteiger partial charge on any atom is -0.378 e. The maximum Gasteiger partial charge on any atom is 0.281 e. The monoisotopic (exact) mass is 401 g/mol. The molecule has 2 amide bonds. The molecular formula is C22H15N3O5. The second kappa shape index (κ2) is 6.48. The van der Waals surface area contributed by atoms with Crippen molar-refractivity contribution in [3.63, 3.8) is 0 Å². The molecule has 8 heteroatoms. The van der Waals surface area contributed by atoms with E-state index in [0.717, 1.165) is 15.7 Å². The molecule has 5 rings (SSSR count). The first kappa shape index (κ1) is 18.0. The van der Waals surface area contributed by atoms with Crippen LogP contribution in [0.15, 0.2) is 71.9 Å². The number of nitro groups is 1. The van der Waals surface area contributed by atoms with Crippen molar-refractivity contribution in [3.05, 3.63) is 82.4 Å². The van der Waals surface area contributed by atoms with E-state index in [4.69, 9.17) is 4.84 Å². The van der Waals surface area contributed by atoms with Crippen LogP contribution >= 0.6 is 0 Å². The van der Waals surface area contributed by atoms with Gasteiger partial charge in [-0.15, -0.1) is 0 Å². The predicted molar refractivity (Wildman–Crippen MR) is 109 cm³/mol. The average molecular weight is 401 g/mol. The van der Waals surface area contributed by atoms with E-state index >= 15 is 0 Å². The van der Waals surface area contributed by atoms with Crippen LogP contribution in [0.3, 0.4) is 0 Å². The molecule has 3 aromatic carbocycles. The summed E-state index contributed by atoms with van der Waals surface area (Å²) in [5.74, 6) is -0.807. The Morgan fingerprint density at radius 3 is 2.43 bits per heavy atom. The van der Waals surface area contributed by atoms with Gasteiger partial charge >= 0.3 is 0 Å². The Kier molecular flexibility index (Phi) is 3.89. The Morgan fingerprint density at radius 1 is 0.967 bits per heavy atom. The Labute approximate surface area is 170 Å². The number of fused-ring (bicyclic) bond motifs is 1. The van der Waals surface area contributed by atoms with Crippen molar-refractivity contribution in [2.75, 3.05) is 4.90 Å². The van der Waals surface area contributed by atoms with Crippen molar-refractivity contribution < 1.29 is 19.3 Å². The smallest absolute Gasteiger partial charge is 0.281 e. The summed E-state index contributed by atoms with van der Waals surface area (Å²) < 4.78 is 0. The quantitative estimate of drug-likeness (QED) is 0.379. The Morgan fingerprint density at radius 2 is 1.70 bits per heavy atom. The number of nitrogens with zero attached hydrogens (tertiary/aromatic N) is 3. The molecule has 1 fully saturated rings. The van der Waals surface area contributed by atoms with Crippen LogP contribution < -0.4 is 4.90 Å². The first-order valence-corrected chi connectivity index (χ1v) is 9.33. The number of carbonyl (C=O) groups is 2. The van der Waals surface area contributed by atoms with Crippen LogP contribution in [-0.4, -0.2) is 28.1 Å². The number of imide groups is 1. The van der Waals surface area contributed by atoms with Crippen molar-refractivity contribution in [2.24, 2.45) is 5.16 Å². The SMILES string of the molecule is O=C1C[C@@]2(CC(c3ccc([N+](=O)[O-])cc3)=NO2)C(=O)N1c1ccc2ccccc2c1. The first-order valence-electron chi connectivity index (χ1n) is 9.33. The van der Waals surface area contributed by atoms with Gasteiger partial charge in [-0.2, -0.15) is 0 Å². The number of non-ortho nitro benzene ring substituents is 1. The molecule has 1 atom stereocenters. The number of benzene rings is 3. The van der Waals surface area contributed by atoms with Crippen LogP contribution in [0.4, 0.5) is 11.4 Å². The van der Waals surface area contributed by atoms with Gasteiger partial charge in [-0.25, -0.2) is 4.90 Å². The molecule has 0 N–H and O–H groups in total. The zero-order chi connectivity index (χ0) is 20.9. The van der Waals surface area contributed by atoms with Gasteiger partial charge in [0.05, 0.1) is 22.7 Å². The summed E-state index contributed by atoms with van der Waals surface area (Å²) >= 11 is 0. The summed E-state index contributed by atoms with van der Waals surface area (Å²) in [6.45, 7) is 0. The molecule has 30 heavy (non-hydrogen) atoms. The number of rotatable bonds is 3. The summed E-state index contributed by atoms with van der Waals surface area (Å²) in [4.78, 5) is 43.0. The third-order valence-corrected chi connectivity index (χ3v) is 5.47. The summed E-state index contributed by atoms with van der Waals surface area (Å²) in [6, 6.07) is 18.9. The third-order valence-electron chi connectivity index (χ3n) is 5.47. The van der Waals surface area contributed by atoms with Crippen LogP contribution in [-0.2, 0) is 14.4 Å². The van der Waals surface area contributed by atoms with Gasteiger partial charge in [0.2, 0.25) is 11.5 Å². The average Bonchev–Trinajstić information content (AvgIpc) is 3.28. The van der Waals surface area contributed by atoms with Crippen molar-refractivity contribution in [1.29, 1.82) is 0 Å². The van der Waals surface area contributed by atoms with Crippen LogP contribution in [0.5, 0.6) is 0 Å². The third kappa shape index (κ3) is 2.73. The van der Waals surface area contributed by atoms with Gasteiger partial charge in [0.25, 0.3) is 11.6 Å². The minimum atomic E-state index is -1.38. The Bertz CT molecular complexity index is 1250. The molecule has 8 nitrogen and oxygen atoms in total. The van der Waals surface area contributed by atoms with E-state index in [1.807, 2.05) is 30.3 Å². The van der Waals surface area contributed by atoms with Crippen molar-refractivity contribution in [2.45, 2.75) is 18.4 Å². The van der Waals surface area contributed by atoms with Crippen LogP contribution in [0, 0.1) is 10.1 Å². The highest BCUT2D eigenvalue weighted by atomic mass is 16.7. The molecule has 0 aliphatic carbocycles. The van der Waals surface area contributed by atoms with Gasteiger partial charge in [0.1, 0.15) is 0 Å². The number of hydrogen-bond donors (Lipinski definition) is 0. The standard InChI is InChI=1S/C22H15N3O5/c26-20-13-22(12-19(23-30-22)15-6-8-17(9-7-15)25(28)29)21(27)24(20)18-10-5-14-3-1-2-4-16(14)11-18/h1-11H,12-13H2/t22-/m0/s1. The molecule has 148 valence electrons. The lowest BCUT2D eigenvalue weighted by Crippen LogP contribution is -2.40. The molecule has 0 bridgehead atoms. The molecule has 1 spiro atoms. The lowest BCUT2D eigenvalue weighted by molar-refractivity contribution is -0.384. The fraction of sp³-hybridized carbons (Fsp3) is 0.136. The fourth-order valence-electron chi connectivity index (χ4n) is 3.91. The number of carbonyl (C=O) groups excluding carboxylic acids is 2. The highest BCUT2D eigenvalue weighted by Gasteiger charge is 2.58. The molecule has 3 aromatic rings. The fourth-order valence-corrected chi connectivity index (χ4v) is 3.91. The highest BCUT2D eigenvalue weighted by Crippen LogP contribution is 2.40.